The SMILES string of the molecule is O=C(O)C(=O)Cc1ccc(O)cc1Cl. The smallest absolute Gasteiger partial charge is 0.372 e. The lowest BCUT2D eigenvalue weighted by molar-refractivity contribution is -0.148. The predicted octanol–water partition coefficient (Wildman–Crippen LogP) is 1.24. The Morgan fingerprint density at radius 1 is 1.36 bits per heavy atom. The van der Waals surface area contributed by atoms with Crippen LogP contribution >= 0.6 is 11.6 Å². The molecule has 4 nitrogen and oxygen atoms in total. The van der Waals surface area contributed by atoms with Crippen LogP contribution in [0.4, 0.5) is 0 Å². The number of hydrogen-bond acceptors (Lipinski definition) is 3. The molecule has 0 aromatic heterocycles. The first-order valence-corrected chi connectivity index (χ1v) is 4.12. The molecule has 0 saturated carbocycles. The molecule has 1 aromatic carbocycles. The fourth-order valence-corrected chi connectivity index (χ4v) is 1.17. The molecule has 2 N–H and O–H groups in total. The molecule has 0 bridgehead atoms. The van der Waals surface area contributed by atoms with Gasteiger partial charge in [0.1, 0.15) is 5.75 Å². The van der Waals surface area contributed by atoms with Crippen molar-refractivity contribution in [1.29, 1.82) is 0 Å². The molecule has 0 aliphatic carbocycles. The van der Waals surface area contributed by atoms with E-state index in [4.69, 9.17) is 21.8 Å². The minimum absolute atomic E-state index is 0.0264. The van der Waals surface area contributed by atoms with Crippen LogP contribution in [0.1, 0.15) is 5.56 Å². The van der Waals surface area contributed by atoms with Crippen LogP contribution in [0.15, 0.2) is 18.2 Å². The third kappa shape index (κ3) is 2.47. The molecular weight excluding hydrogens is 208 g/mol. The average Bonchev–Trinajstić information content (AvgIpc) is 2.09. The highest BCUT2D eigenvalue weighted by molar-refractivity contribution is 6.35. The van der Waals surface area contributed by atoms with Crippen molar-refractivity contribution in [3.05, 3.63) is 28.8 Å². The molecule has 0 heterocycles. The Hall–Kier alpha value is -1.55. The van der Waals surface area contributed by atoms with Gasteiger partial charge in [0.2, 0.25) is 5.78 Å². The largest absolute Gasteiger partial charge is 0.508 e. The molecule has 0 atom stereocenters. The van der Waals surface area contributed by atoms with Gasteiger partial charge in [0.25, 0.3) is 0 Å². The zero-order valence-electron chi connectivity index (χ0n) is 7.03. The van der Waals surface area contributed by atoms with Gasteiger partial charge in [0, 0.05) is 11.4 Å². The number of halogens is 1. The Bertz CT molecular complexity index is 386. The van der Waals surface area contributed by atoms with Gasteiger partial charge >= 0.3 is 5.97 Å². The lowest BCUT2D eigenvalue weighted by Crippen LogP contribution is -2.15. The van der Waals surface area contributed by atoms with Crippen molar-refractivity contribution >= 4 is 23.4 Å². The number of Topliss-reactive ketones (excluding diaryl/α,β-unsaturated/α-hetero) is 1. The number of ketones is 1. The second kappa shape index (κ2) is 4.11. The monoisotopic (exact) mass is 214 g/mol. The van der Waals surface area contributed by atoms with Gasteiger partial charge in [-0.05, 0) is 17.7 Å². The Balaban J connectivity index is 2.87. The molecule has 0 radical (unpaired) electrons. The molecule has 0 spiro atoms. The lowest BCUT2D eigenvalue weighted by atomic mass is 10.1. The summed E-state index contributed by atoms with van der Waals surface area (Å²) in [6.45, 7) is 0. The minimum Gasteiger partial charge on any atom is -0.508 e. The van der Waals surface area contributed by atoms with Gasteiger partial charge in [0.05, 0.1) is 0 Å². The molecule has 0 saturated heterocycles. The summed E-state index contributed by atoms with van der Waals surface area (Å²) in [6, 6.07) is 4.01. The Labute approximate surface area is 84.7 Å². The van der Waals surface area contributed by atoms with Gasteiger partial charge in [-0.15, -0.1) is 0 Å². The van der Waals surface area contributed by atoms with Crippen molar-refractivity contribution < 1.29 is 19.8 Å². The maximum absolute atomic E-state index is 10.8. The molecule has 74 valence electrons. The van der Waals surface area contributed by atoms with E-state index in [2.05, 4.69) is 0 Å². The maximum atomic E-state index is 10.8. The Morgan fingerprint density at radius 3 is 2.50 bits per heavy atom. The second-order valence-electron chi connectivity index (χ2n) is 2.68. The number of aromatic hydroxyl groups is 1. The van der Waals surface area contributed by atoms with Crippen molar-refractivity contribution in [2.75, 3.05) is 0 Å². The third-order valence-corrected chi connectivity index (χ3v) is 1.98. The molecule has 0 aliphatic heterocycles. The number of aliphatic carboxylic acids is 1. The number of carbonyl (C=O) groups excluding carboxylic acids is 1. The van der Waals surface area contributed by atoms with E-state index in [1.807, 2.05) is 0 Å². The summed E-state index contributed by atoms with van der Waals surface area (Å²) >= 11 is 5.67. The number of phenols is 1. The number of hydrogen-bond donors (Lipinski definition) is 2. The number of carbonyl (C=O) groups is 2. The van der Waals surface area contributed by atoms with Crippen LogP contribution in [-0.2, 0) is 16.0 Å². The van der Waals surface area contributed by atoms with Gasteiger partial charge in [-0.2, -0.15) is 0 Å². The molecule has 0 aliphatic rings. The summed E-state index contributed by atoms with van der Waals surface area (Å²) in [6.07, 6.45) is -0.269. The molecule has 0 amide bonds. The Morgan fingerprint density at radius 2 is 2.00 bits per heavy atom. The van der Waals surface area contributed by atoms with Gasteiger partial charge in [-0.3, -0.25) is 4.79 Å². The molecule has 0 unspecified atom stereocenters. The van der Waals surface area contributed by atoms with Crippen LogP contribution in [0, 0.1) is 0 Å². The molecule has 5 heteroatoms. The van der Waals surface area contributed by atoms with E-state index in [0.717, 1.165) is 0 Å². The highest BCUT2D eigenvalue weighted by Gasteiger charge is 2.14. The van der Waals surface area contributed by atoms with Crippen LogP contribution in [0.5, 0.6) is 5.75 Å². The van der Waals surface area contributed by atoms with E-state index >= 15 is 0 Å². The van der Waals surface area contributed by atoms with E-state index in [1.165, 1.54) is 18.2 Å². The highest BCUT2D eigenvalue weighted by Crippen LogP contribution is 2.21. The van der Waals surface area contributed by atoms with E-state index in [9.17, 15) is 9.59 Å². The van der Waals surface area contributed by atoms with Crippen LogP contribution in [0.2, 0.25) is 5.02 Å². The lowest BCUT2D eigenvalue weighted by Gasteiger charge is -2.01. The van der Waals surface area contributed by atoms with Gasteiger partial charge in [-0.1, -0.05) is 17.7 Å². The van der Waals surface area contributed by atoms with Gasteiger partial charge < -0.3 is 10.2 Å². The normalized spacial score (nSPS) is 9.79. The van der Waals surface area contributed by atoms with Crippen molar-refractivity contribution in [2.45, 2.75) is 6.42 Å². The van der Waals surface area contributed by atoms with Crippen molar-refractivity contribution in [1.82, 2.24) is 0 Å². The van der Waals surface area contributed by atoms with Crippen LogP contribution in [-0.4, -0.2) is 22.0 Å². The summed E-state index contributed by atoms with van der Waals surface area (Å²) in [7, 11) is 0. The molecule has 0 fully saturated rings. The fourth-order valence-electron chi connectivity index (χ4n) is 0.928. The van der Waals surface area contributed by atoms with E-state index < -0.39 is 11.8 Å². The van der Waals surface area contributed by atoms with Gasteiger partial charge in [-0.25, -0.2) is 4.79 Å². The zero-order chi connectivity index (χ0) is 10.7. The summed E-state index contributed by atoms with van der Waals surface area (Å²) < 4.78 is 0. The minimum atomic E-state index is -1.49. The summed E-state index contributed by atoms with van der Waals surface area (Å²) in [5, 5.41) is 17.5. The first kappa shape index (κ1) is 10.5. The first-order chi connectivity index (χ1) is 6.50. The predicted molar refractivity (Wildman–Crippen MR) is 49.5 cm³/mol. The average molecular weight is 215 g/mol. The zero-order valence-corrected chi connectivity index (χ0v) is 7.78. The quantitative estimate of drug-likeness (QED) is 0.743. The number of phenolic OH excluding ortho intramolecular Hbond substituents is 1. The Kier molecular flexibility index (Phi) is 3.09. The number of benzene rings is 1. The molecule has 1 aromatic rings. The first-order valence-electron chi connectivity index (χ1n) is 3.74. The standard InChI is InChI=1S/C9H7ClO4/c10-7-4-6(11)2-1-5(7)3-8(12)9(13)14/h1-2,4,11H,3H2,(H,13,14). The number of carboxylic acid groups (broad SMARTS) is 1. The highest BCUT2D eigenvalue weighted by atomic mass is 35.5. The molecule has 14 heavy (non-hydrogen) atoms. The van der Waals surface area contributed by atoms with Gasteiger partial charge in [0.15, 0.2) is 0 Å². The third-order valence-electron chi connectivity index (χ3n) is 1.63. The van der Waals surface area contributed by atoms with E-state index in [1.54, 1.807) is 0 Å². The van der Waals surface area contributed by atoms with Crippen LogP contribution < -0.4 is 0 Å². The number of rotatable bonds is 3. The summed E-state index contributed by atoms with van der Waals surface area (Å²) in [4.78, 5) is 21.1. The van der Waals surface area contributed by atoms with E-state index in [0.29, 0.717) is 5.56 Å². The fraction of sp³-hybridized carbons (Fsp3) is 0.111. The molecular formula is C9H7ClO4. The van der Waals surface area contributed by atoms with E-state index in [-0.39, 0.29) is 17.2 Å². The van der Waals surface area contributed by atoms with Crippen molar-refractivity contribution in [3.8, 4) is 5.75 Å². The maximum Gasteiger partial charge on any atom is 0.372 e. The molecule has 1 rings (SSSR count). The number of carboxylic acids is 1. The van der Waals surface area contributed by atoms with Crippen LogP contribution in [0.25, 0.3) is 0 Å². The van der Waals surface area contributed by atoms with Crippen molar-refractivity contribution in [3.63, 3.8) is 0 Å². The van der Waals surface area contributed by atoms with Crippen LogP contribution in [0.3, 0.4) is 0 Å². The summed E-state index contributed by atoms with van der Waals surface area (Å²) in [5.74, 6) is -2.45. The summed E-state index contributed by atoms with van der Waals surface area (Å²) in [5.41, 5.74) is 0.386. The van der Waals surface area contributed by atoms with Crippen molar-refractivity contribution in [2.24, 2.45) is 0 Å². The topological polar surface area (TPSA) is 74.6 Å². The second-order valence-corrected chi connectivity index (χ2v) is 3.09.